The molecular formula is C28H26BrNO4. The molecule has 1 heterocycles. The molecule has 1 amide bonds. The van der Waals surface area contributed by atoms with Crippen LogP contribution in [-0.4, -0.2) is 28.3 Å². The van der Waals surface area contributed by atoms with Crippen molar-refractivity contribution in [1.29, 1.82) is 0 Å². The van der Waals surface area contributed by atoms with Crippen molar-refractivity contribution < 1.29 is 19.4 Å². The Labute approximate surface area is 207 Å². The van der Waals surface area contributed by atoms with Gasteiger partial charge in [-0.15, -0.1) is 0 Å². The molecule has 0 aliphatic carbocycles. The normalized spacial score (nSPS) is 17.2. The van der Waals surface area contributed by atoms with E-state index < -0.39 is 17.7 Å². The van der Waals surface area contributed by atoms with Gasteiger partial charge in [0, 0.05) is 16.6 Å². The Kier molecular flexibility index (Phi) is 7.48. The Balaban J connectivity index is 1.78. The van der Waals surface area contributed by atoms with Gasteiger partial charge in [-0.25, -0.2) is 0 Å². The van der Waals surface area contributed by atoms with E-state index in [0.29, 0.717) is 17.9 Å². The summed E-state index contributed by atoms with van der Waals surface area (Å²) in [7, 11) is 0. The van der Waals surface area contributed by atoms with Crippen LogP contribution in [0.3, 0.4) is 0 Å². The quantitative estimate of drug-likeness (QED) is 0.165. The number of nitrogens with zero attached hydrogens (tertiary/aromatic N) is 1. The highest BCUT2D eigenvalue weighted by Crippen LogP contribution is 2.40. The van der Waals surface area contributed by atoms with Crippen molar-refractivity contribution in [1.82, 2.24) is 4.90 Å². The first-order chi connectivity index (χ1) is 16.5. The van der Waals surface area contributed by atoms with E-state index in [2.05, 4.69) is 22.9 Å². The fourth-order valence-corrected chi connectivity index (χ4v) is 4.30. The number of carbonyl (C=O) groups excluding carboxylic acids is 2. The zero-order chi connectivity index (χ0) is 24.1. The second-order valence-electron chi connectivity index (χ2n) is 8.19. The summed E-state index contributed by atoms with van der Waals surface area (Å²) < 4.78 is 6.65. The topological polar surface area (TPSA) is 66.8 Å². The average Bonchev–Trinajstić information content (AvgIpc) is 3.10. The van der Waals surface area contributed by atoms with Gasteiger partial charge in [0.25, 0.3) is 11.7 Å². The zero-order valence-corrected chi connectivity index (χ0v) is 20.5. The van der Waals surface area contributed by atoms with Crippen LogP contribution < -0.4 is 4.74 Å². The Hall–Kier alpha value is -3.38. The van der Waals surface area contributed by atoms with Gasteiger partial charge >= 0.3 is 0 Å². The van der Waals surface area contributed by atoms with Crippen molar-refractivity contribution in [3.05, 3.63) is 106 Å². The smallest absolute Gasteiger partial charge is 0.295 e. The van der Waals surface area contributed by atoms with Crippen LogP contribution in [0.2, 0.25) is 0 Å². The van der Waals surface area contributed by atoms with Crippen LogP contribution in [0.5, 0.6) is 5.75 Å². The van der Waals surface area contributed by atoms with Crippen LogP contribution in [0, 0.1) is 0 Å². The second kappa shape index (κ2) is 10.7. The van der Waals surface area contributed by atoms with E-state index in [9.17, 15) is 14.7 Å². The molecule has 0 bridgehead atoms. The number of aliphatic hydroxyl groups excluding tert-OH is 1. The van der Waals surface area contributed by atoms with E-state index in [-0.39, 0.29) is 17.9 Å². The van der Waals surface area contributed by atoms with E-state index in [4.69, 9.17) is 4.74 Å². The first kappa shape index (κ1) is 23.8. The number of benzene rings is 3. The van der Waals surface area contributed by atoms with Gasteiger partial charge in [-0.2, -0.15) is 0 Å². The molecule has 3 aromatic rings. The summed E-state index contributed by atoms with van der Waals surface area (Å²) in [6.45, 7) is 2.91. The molecule has 3 aromatic carbocycles. The minimum absolute atomic E-state index is 0.0777. The lowest BCUT2D eigenvalue weighted by Gasteiger charge is -2.25. The minimum Gasteiger partial charge on any atom is -0.507 e. The Morgan fingerprint density at radius 3 is 2.44 bits per heavy atom. The van der Waals surface area contributed by atoms with Gasteiger partial charge in [0.2, 0.25) is 0 Å². The average molecular weight is 520 g/mol. The second-order valence-corrected chi connectivity index (χ2v) is 9.11. The van der Waals surface area contributed by atoms with Gasteiger partial charge in [-0.05, 0) is 41.8 Å². The molecule has 1 aliphatic heterocycles. The number of aliphatic hydroxyl groups is 1. The predicted molar refractivity (Wildman–Crippen MR) is 135 cm³/mol. The van der Waals surface area contributed by atoms with Gasteiger partial charge in [0.15, 0.2) is 0 Å². The van der Waals surface area contributed by atoms with Gasteiger partial charge in [-0.1, -0.05) is 83.9 Å². The molecule has 0 spiro atoms. The SMILES string of the molecule is CCCCOc1cccc(/C(O)=C2\C(=O)C(=O)N(Cc3ccccc3)C2c2ccc(Br)cc2)c1. The molecule has 4 rings (SSSR count). The summed E-state index contributed by atoms with van der Waals surface area (Å²) in [5.41, 5.74) is 2.16. The third-order valence-electron chi connectivity index (χ3n) is 5.80. The number of likely N-dealkylation sites (tertiary alicyclic amines) is 1. The lowest BCUT2D eigenvalue weighted by Crippen LogP contribution is -2.29. The van der Waals surface area contributed by atoms with Crippen LogP contribution in [0.4, 0.5) is 0 Å². The first-order valence-electron chi connectivity index (χ1n) is 11.3. The van der Waals surface area contributed by atoms with Crippen LogP contribution in [-0.2, 0) is 16.1 Å². The number of hydrogen-bond donors (Lipinski definition) is 1. The van der Waals surface area contributed by atoms with E-state index in [1.165, 1.54) is 4.90 Å². The molecule has 1 aliphatic rings. The number of Topliss-reactive ketones (excluding diaryl/α,β-unsaturated/α-hetero) is 1. The lowest BCUT2D eigenvalue weighted by molar-refractivity contribution is -0.140. The van der Waals surface area contributed by atoms with E-state index >= 15 is 0 Å². The summed E-state index contributed by atoms with van der Waals surface area (Å²) in [4.78, 5) is 27.9. The molecule has 1 N–H and O–H groups in total. The Morgan fingerprint density at radius 2 is 1.74 bits per heavy atom. The van der Waals surface area contributed by atoms with Crippen molar-refractivity contribution in [2.45, 2.75) is 32.4 Å². The van der Waals surface area contributed by atoms with E-state index in [1.54, 1.807) is 18.2 Å². The maximum absolute atomic E-state index is 13.2. The zero-order valence-electron chi connectivity index (χ0n) is 18.9. The van der Waals surface area contributed by atoms with Gasteiger partial charge in [0.1, 0.15) is 11.5 Å². The van der Waals surface area contributed by atoms with E-state index in [1.807, 2.05) is 60.7 Å². The summed E-state index contributed by atoms with van der Waals surface area (Å²) in [6, 6.07) is 23.2. The number of carbonyl (C=O) groups is 2. The number of halogens is 1. The lowest BCUT2D eigenvalue weighted by atomic mass is 9.95. The molecule has 5 nitrogen and oxygen atoms in total. The fraction of sp³-hybridized carbons (Fsp3) is 0.214. The maximum Gasteiger partial charge on any atom is 0.295 e. The van der Waals surface area contributed by atoms with Crippen molar-refractivity contribution in [3.63, 3.8) is 0 Å². The molecule has 0 saturated carbocycles. The standard InChI is InChI=1S/C28H26BrNO4/c1-2-3-16-34-23-11-7-10-21(17-23)26(31)24-25(20-12-14-22(29)15-13-20)30(28(33)27(24)32)18-19-8-5-4-6-9-19/h4-15,17,25,31H,2-3,16,18H2,1H3/b26-24+. The molecule has 1 atom stereocenters. The number of unbranched alkanes of at least 4 members (excludes halogenated alkanes) is 1. The fourth-order valence-electron chi connectivity index (χ4n) is 4.04. The van der Waals surface area contributed by atoms with Crippen LogP contribution >= 0.6 is 15.9 Å². The monoisotopic (exact) mass is 519 g/mol. The number of hydrogen-bond acceptors (Lipinski definition) is 4. The van der Waals surface area contributed by atoms with Crippen molar-refractivity contribution in [2.75, 3.05) is 6.61 Å². The molecule has 0 aromatic heterocycles. The third kappa shape index (κ3) is 5.07. The number of ether oxygens (including phenoxy) is 1. The van der Waals surface area contributed by atoms with E-state index in [0.717, 1.165) is 28.4 Å². The van der Waals surface area contributed by atoms with Crippen LogP contribution in [0.1, 0.15) is 42.5 Å². The highest BCUT2D eigenvalue weighted by atomic mass is 79.9. The summed E-state index contributed by atoms with van der Waals surface area (Å²) in [5, 5.41) is 11.3. The summed E-state index contributed by atoms with van der Waals surface area (Å²) in [6.07, 6.45) is 1.93. The summed E-state index contributed by atoms with van der Waals surface area (Å²) >= 11 is 3.44. The van der Waals surface area contributed by atoms with Crippen molar-refractivity contribution in [3.8, 4) is 5.75 Å². The molecule has 34 heavy (non-hydrogen) atoms. The molecular weight excluding hydrogens is 494 g/mol. The Morgan fingerprint density at radius 1 is 1.00 bits per heavy atom. The molecule has 174 valence electrons. The molecule has 1 unspecified atom stereocenters. The molecule has 6 heteroatoms. The number of rotatable bonds is 8. The molecule has 0 radical (unpaired) electrons. The predicted octanol–water partition coefficient (Wildman–Crippen LogP) is 6.25. The number of amides is 1. The highest BCUT2D eigenvalue weighted by molar-refractivity contribution is 9.10. The minimum atomic E-state index is -0.710. The Bertz CT molecular complexity index is 1200. The first-order valence-corrected chi connectivity index (χ1v) is 12.1. The van der Waals surface area contributed by atoms with Crippen molar-refractivity contribution >= 4 is 33.4 Å². The largest absolute Gasteiger partial charge is 0.507 e. The van der Waals surface area contributed by atoms with Crippen molar-refractivity contribution in [2.24, 2.45) is 0 Å². The molecule has 1 fully saturated rings. The molecule has 1 saturated heterocycles. The van der Waals surface area contributed by atoms with Gasteiger partial charge in [-0.3, -0.25) is 9.59 Å². The van der Waals surface area contributed by atoms with Crippen LogP contribution in [0.15, 0.2) is 88.9 Å². The number of ketones is 1. The third-order valence-corrected chi connectivity index (χ3v) is 6.32. The van der Waals surface area contributed by atoms with Crippen LogP contribution in [0.25, 0.3) is 5.76 Å². The van der Waals surface area contributed by atoms with Gasteiger partial charge in [0.05, 0.1) is 18.2 Å². The summed E-state index contributed by atoms with van der Waals surface area (Å²) in [5.74, 6) is -0.925. The highest BCUT2D eigenvalue weighted by Gasteiger charge is 2.46. The maximum atomic E-state index is 13.2. The van der Waals surface area contributed by atoms with Gasteiger partial charge < -0.3 is 14.7 Å².